The molecule has 17 heavy (non-hydrogen) atoms. The molecule has 1 aliphatic heterocycles. The zero-order chi connectivity index (χ0) is 12.5. The molecule has 0 aromatic heterocycles. The summed E-state index contributed by atoms with van der Waals surface area (Å²) in [5.74, 6) is -2.92. The van der Waals surface area contributed by atoms with Crippen molar-refractivity contribution < 1.29 is 18.3 Å². The van der Waals surface area contributed by atoms with Crippen molar-refractivity contribution in [2.24, 2.45) is 0 Å². The molecular formula is C12H13F2NO2. The van der Waals surface area contributed by atoms with Gasteiger partial charge in [0.25, 0.3) is 5.92 Å². The van der Waals surface area contributed by atoms with Crippen molar-refractivity contribution in [3.05, 3.63) is 29.8 Å². The molecule has 1 aliphatic rings. The molecule has 92 valence electrons. The molecule has 1 fully saturated rings. The van der Waals surface area contributed by atoms with E-state index in [-0.39, 0.29) is 25.5 Å². The lowest BCUT2D eigenvalue weighted by Gasteiger charge is -2.40. The molecule has 5 heteroatoms. The molecule has 0 bridgehead atoms. The Labute approximate surface area is 98.0 Å². The van der Waals surface area contributed by atoms with E-state index in [1.807, 2.05) is 0 Å². The molecule has 2 rings (SSSR count). The van der Waals surface area contributed by atoms with E-state index in [0.29, 0.717) is 0 Å². The highest BCUT2D eigenvalue weighted by Crippen LogP contribution is 2.31. The molecule has 1 aromatic rings. The number of halogens is 2. The van der Waals surface area contributed by atoms with Gasteiger partial charge in [-0.2, -0.15) is 0 Å². The van der Waals surface area contributed by atoms with Crippen molar-refractivity contribution >= 4 is 11.7 Å². The summed E-state index contributed by atoms with van der Waals surface area (Å²) in [6, 6.07) is 7.03. The van der Waals surface area contributed by atoms with Crippen molar-refractivity contribution in [3.63, 3.8) is 0 Å². The predicted molar refractivity (Wildman–Crippen MR) is 59.3 cm³/mol. The molecule has 1 saturated heterocycles. The predicted octanol–water partition coefficient (Wildman–Crippen LogP) is 1.86. The minimum Gasteiger partial charge on any atom is -0.469 e. The molecule has 0 atom stereocenters. The Morgan fingerprint density at radius 3 is 2.76 bits per heavy atom. The molecule has 0 aliphatic carbocycles. The minimum atomic E-state index is -2.58. The van der Waals surface area contributed by atoms with Crippen molar-refractivity contribution in [1.82, 2.24) is 0 Å². The third-order valence-electron chi connectivity index (χ3n) is 2.70. The number of hydrogen-bond acceptors (Lipinski definition) is 3. The quantitative estimate of drug-likeness (QED) is 0.756. The van der Waals surface area contributed by atoms with Gasteiger partial charge in [0.1, 0.15) is 0 Å². The number of alkyl halides is 2. The Bertz CT molecular complexity index is 426. The highest BCUT2D eigenvalue weighted by atomic mass is 19.3. The van der Waals surface area contributed by atoms with Crippen LogP contribution in [0, 0.1) is 0 Å². The van der Waals surface area contributed by atoms with Crippen LogP contribution < -0.4 is 4.90 Å². The molecule has 0 saturated carbocycles. The SMILES string of the molecule is COC(=O)Cc1cccc(N2CC(F)(F)C2)c1. The standard InChI is InChI=1S/C12H13F2NO2/c1-17-11(16)6-9-3-2-4-10(5-9)15-7-12(13,14)8-15/h2-5H,6-8H2,1H3. The zero-order valence-corrected chi connectivity index (χ0v) is 9.45. The first-order chi connectivity index (χ1) is 8.00. The van der Waals surface area contributed by atoms with Crippen LogP contribution in [0.5, 0.6) is 0 Å². The first-order valence-corrected chi connectivity index (χ1v) is 5.29. The molecule has 0 spiro atoms. The Balaban J connectivity index is 2.05. The second-order valence-electron chi connectivity index (χ2n) is 4.13. The topological polar surface area (TPSA) is 29.5 Å². The van der Waals surface area contributed by atoms with Crippen LogP contribution in [0.2, 0.25) is 0 Å². The summed E-state index contributed by atoms with van der Waals surface area (Å²) in [4.78, 5) is 12.7. The number of carbonyl (C=O) groups is 1. The highest BCUT2D eigenvalue weighted by molar-refractivity contribution is 5.73. The van der Waals surface area contributed by atoms with Gasteiger partial charge in [-0.25, -0.2) is 8.78 Å². The van der Waals surface area contributed by atoms with E-state index in [0.717, 1.165) is 11.3 Å². The van der Waals surface area contributed by atoms with Gasteiger partial charge in [-0.1, -0.05) is 12.1 Å². The third kappa shape index (κ3) is 2.72. The van der Waals surface area contributed by atoms with Crippen molar-refractivity contribution in [2.75, 3.05) is 25.1 Å². The van der Waals surface area contributed by atoms with Gasteiger partial charge in [-0.15, -0.1) is 0 Å². The Morgan fingerprint density at radius 2 is 2.18 bits per heavy atom. The van der Waals surface area contributed by atoms with Gasteiger partial charge in [-0.05, 0) is 17.7 Å². The maximum absolute atomic E-state index is 12.7. The third-order valence-corrected chi connectivity index (χ3v) is 2.70. The van der Waals surface area contributed by atoms with E-state index >= 15 is 0 Å². The fraction of sp³-hybridized carbons (Fsp3) is 0.417. The maximum Gasteiger partial charge on any atom is 0.309 e. The fourth-order valence-corrected chi connectivity index (χ4v) is 1.80. The van der Waals surface area contributed by atoms with Crippen LogP contribution in [0.25, 0.3) is 0 Å². The average molecular weight is 241 g/mol. The van der Waals surface area contributed by atoms with Crippen LogP contribution in [0.1, 0.15) is 5.56 Å². The lowest BCUT2D eigenvalue weighted by Crippen LogP contribution is -2.56. The van der Waals surface area contributed by atoms with Gasteiger partial charge < -0.3 is 9.64 Å². The molecule has 1 heterocycles. The first-order valence-electron chi connectivity index (χ1n) is 5.29. The number of anilines is 1. The molecule has 0 radical (unpaired) electrons. The monoisotopic (exact) mass is 241 g/mol. The zero-order valence-electron chi connectivity index (χ0n) is 9.45. The molecular weight excluding hydrogens is 228 g/mol. The number of methoxy groups -OCH3 is 1. The number of carbonyl (C=O) groups excluding carboxylic acids is 1. The summed E-state index contributed by atoms with van der Waals surface area (Å²) in [6.45, 7) is -0.511. The largest absolute Gasteiger partial charge is 0.469 e. The van der Waals surface area contributed by atoms with Gasteiger partial charge in [0, 0.05) is 5.69 Å². The van der Waals surface area contributed by atoms with Gasteiger partial charge in [-0.3, -0.25) is 4.79 Å². The normalized spacial score (nSPS) is 17.5. The van der Waals surface area contributed by atoms with Crippen LogP contribution >= 0.6 is 0 Å². The number of nitrogens with zero attached hydrogens (tertiary/aromatic N) is 1. The van der Waals surface area contributed by atoms with Gasteiger partial charge >= 0.3 is 5.97 Å². The van der Waals surface area contributed by atoms with Crippen LogP contribution in [-0.4, -0.2) is 32.1 Å². The van der Waals surface area contributed by atoms with Crippen LogP contribution in [-0.2, 0) is 16.0 Å². The summed E-state index contributed by atoms with van der Waals surface area (Å²) in [6.07, 6.45) is 0.161. The molecule has 0 unspecified atom stereocenters. The van der Waals surface area contributed by atoms with Gasteiger partial charge in [0.05, 0.1) is 26.6 Å². The van der Waals surface area contributed by atoms with E-state index < -0.39 is 5.92 Å². The van der Waals surface area contributed by atoms with Crippen LogP contribution in [0.4, 0.5) is 14.5 Å². The van der Waals surface area contributed by atoms with E-state index in [2.05, 4.69) is 4.74 Å². The summed E-state index contributed by atoms with van der Waals surface area (Å²) in [5.41, 5.74) is 1.49. The number of esters is 1. The first kappa shape index (κ1) is 11.8. The Kier molecular flexibility index (Phi) is 3.00. The van der Waals surface area contributed by atoms with E-state index in [1.165, 1.54) is 7.11 Å². The van der Waals surface area contributed by atoms with Crippen LogP contribution in [0.15, 0.2) is 24.3 Å². The van der Waals surface area contributed by atoms with Gasteiger partial charge in [0.2, 0.25) is 0 Å². The summed E-state index contributed by atoms with van der Waals surface area (Å²) in [7, 11) is 1.32. The lowest BCUT2D eigenvalue weighted by atomic mass is 10.1. The number of ether oxygens (including phenoxy) is 1. The van der Waals surface area contributed by atoms with E-state index in [4.69, 9.17) is 0 Å². The maximum atomic E-state index is 12.7. The molecule has 0 amide bonds. The second kappa shape index (κ2) is 4.31. The van der Waals surface area contributed by atoms with E-state index in [9.17, 15) is 13.6 Å². The molecule has 1 aromatic carbocycles. The van der Waals surface area contributed by atoms with Crippen molar-refractivity contribution in [1.29, 1.82) is 0 Å². The van der Waals surface area contributed by atoms with Crippen molar-refractivity contribution in [2.45, 2.75) is 12.3 Å². The van der Waals surface area contributed by atoms with E-state index in [1.54, 1.807) is 29.2 Å². The van der Waals surface area contributed by atoms with Crippen molar-refractivity contribution in [3.8, 4) is 0 Å². The Morgan fingerprint density at radius 1 is 1.47 bits per heavy atom. The number of benzene rings is 1. The Hall–Kier alpha value is -1.65. The van der Waals surface area contributed by atoms with Crippen LogP contribution in [0.3, 0.4) is 0 Å². The molecule has 3 nitrogen and oxygen atoms in total. The van der Waals surface area contributed by atoms with Gasteiger partial charge in [0.15, 0.2) is 0 Å². The summed E-state index contributed by atoms with van der Waals surface area (Å²) < 4.78 is 30.0. The fourth-order valence-electron chi connectivity index (χ4n) is 1.80. The average Bonchev–Trinajstić information content (AvgIpc) is 2.26. The molecule has 0 N–H and O–H groups in total. The summed E-state index contributed by atoms with van der Waals surface area (Å²) >= 11 is 0. The number of hydrogen-bond donors (Lipinski definition) is 0. The second-order valence-corrected chi connectivity index (χ2v) is 4.13. The summed E-state index contributed by atoms with van der Waals surface area (Å²) in [5, 5.41) is 0. The lowest BCUT2D eigenvalue weighted by molar-refractivity contribution is -0.139. The smallest absolute Gasteiger partial charge is 0.309 e. The highest BCUT2D eigenvalue weighted by Gasteiger charge is 2.43. The number of rotatable bonds is 3. The minimum absolute atomic E-state index is 0.161.